The zero-order valence-corrected chi connectivity index (χ0v) is 32.6. The smallest absolute Gasteiger partial charge is 0.167 e. The molecule has 0 fully saturated rings. The number of fused-ring (bicyclic) bond motifs is 10. The monoisotopic (exact) mass is 780 g/mol. The van der Waals surface area contributed by atoms with Crippen LogP contribution in [0.2, 0.25) is 0 Å². The molecule has 0 bridgehead atoms. The molecule has 0 spiro atoms. The Morgan fingerprint density at radius 2 is 0.885 bits per heavy atom. The minimum Gasteiger partial charge on any atom is -0.455 e. The van der Waals surface area contributed by atoms with Crippen molar-refractivity contribution in [1.82, 2.24) is 19.5 Å². The van der Waals surface area contributed by atoms with E-state index in [1.807, 2.05) is 36.4 Å². The molecule has 0 saturated carbocycles. The molecule has 9 aromatic carbocycles. The number of furan rings is 2. The van der Waals surface area contributed by atoms with Gasteiger partial charge >= 0.3 is 0 Å². The minimum absolute atomic E-state index is 0.519. The molecule has 0 amide bonds. The van der Waals surface area contributed by atoms with Crippen LogP contribution in [0, 0.1) is 0 Å². The summed E-state index contributed by atoms with van der Waals surface area (Å²) >= 11 is 0. The maximum absolute atomic E-state index is 6.86. The van der Waals surface area contributed by atoms with Crippen LogP contribution in [0.4, 0.5) is 0 Å². The highest BCUT2D eigenvalue weighted by molar-refractivity contribution is 6.13. The topological polar surface area (TPSA) is 69.9 Å². The Morgan fingerprint density at radius 3 is 1.67 bits per heavy atom. The molecule has 0 N–H and O–H groups in total. The summed E-state index contributed by atoms with van der Waals surface area (Å²) in [6, 6.07) is 67.5. The summed E-state index contributed by atoms with van der Waals surface area (Å²) < 4.78 is 15.7. The van der Waals surface area contributed by atoms with Gasteiger partial charge in [0.25, 0.3) is 0 Å². The van der Waals surface area contributed by atoms with Gasteiger partial charge in [0.1, 0.15) is 22.3 Å². The van der Waals surface area contributed by atoms with Crippen molar-refractivity contribution in [3.05, 3.63) is 194 Å². The Kier molecular flexibility index (Phi) is 7.21. The van der Waals surface area contributed by atoms with Gasteiger partial charge in [0.15, 0.2) is 17.5 Å². The van der Waals surface area contributed by atoms with Gasteiger partial charge in [-0.15, -0.1) is 0 Å². The predicted molar refractivity (Wildman–Crippen MR) is 248 cm³/mol. The molecule has 0 aliphatic rings. The summed E-state index contributed by atoms with van der Waals surface area (Å²) in [5.74, 6) is 1.61. The van der Waals surface area contributed by atoms with E-state index in [-0.39, 0.29) is 0 Å². The van der Waals surface area contributed by atoms with Gasteiger partial charge in [0, 0.05) is 43.6 Å². The summed E-state index contributed by atoms with van der Waals surface area (Å²) in [5, 5.41) is 8.79. The van der Waals surface area contributed by atoms with Gasteiger partial charge in [0.05, 0.1) is 22.2 Å². The van der Waals surface area contributed by atoms with Crippen molar-refractivity contribution < 1.29 is 8.83 Å². The molecule has 6 heteroatoms. The van der Waals surface area contributed by atoms with Crippen LogP contribution in [-0.4, -0.2) is 19.5 Å². The van der Waals surface area contributed by atoms with Crippen molar-refractivity contribution in [3.63, 3.8) is 0 Å². The number of rotatable bonds is 5. The largest absolute Gasteiger partial charge is 0.455 e. The molecule has 0 radical (unpaired) electrons. The van der Waals surface area contributed by atoms with E-state index in [9.17, 15) is 0 Å². The molecule has 6 nitrogen and oxygen atoms in total. The first-order chi connectivity index (χ1) is 30.2. The van der Waals surface area contributed by atoms with Crippen molar-refractivity contribution in [1.29, 1.82) is 0 Å². The second-order valence-corrected chi connectivity index (χ2v) is 15.6. The summed E-state index contributed by atoms with van der Waals surface area (Å²) in [5.41, 5.74) is 11.2. The van der Waals surface area contributed by atoms with E-state index in [0.717, 1.165) is 93.7 Å². The number of nitrogens with zero attached hydrogens (tertiary/aromatic N) is 4. The molecule has 0 atom stereocenters. The lowest BCUT2D eigenvalue weighted by Crippen LogP contribution is -2.00. The Bertz CT molecular complexity index is 3900. The van der Waals surface area contributed by atoms with E-state index < -0.39 is 0 Å². The lowest BCUT2D eigenvalue weighted by molar-refractivity contribution is 0.669. The van der Waals surface area contributed by atoms with Crippen molar-refractivity contribution in [2.75, 3.05) is 0 Å². The highest BCUT2D eigenvalue weighted by Crippen LogP contribution is 2.41. The average Bonchev–Trinajstić information content (AvgIpc) is 4.00. The van der Waals surface area contributed by atoms with Crippen LogP contribution in [0.5, 0.6) is 0 Å². The minimum atomic E-state index is 0.519. The first-order valence-electron chi connectivity index (χ1n) is 20.4. The number of para-hydroxylation sites is 5. The first-order valence-corrected chi connectivity index (χ1v) is 20.4. The molecule has 4 aromatic heterocycles. The van der Waals surface area contributed by atoms with Crippen LogP contribution in [-0.2, 0) is 0 Å². The lowest BCUT2D eigenvalue weighted by atomic mass is 10.0. The fourth-order valence-electron chi connectivity index (χ4n) is 9.16. The summed E-state index contributed by atoms with van der Waals surface area (Å²) in [6.45, 7) is 0. The fourth-order valence-corrected chi connectivity index (χ4v) is 9.16. The number of aromatic nitrogens is 4. The molecular formula is C55H32N4O2. The maximum atomic E-state index is 6.86. The van der Waals surface area contributed by atoms with E-state index in [4.69, 9.17) is 23.8 Å². The van der Waals surface area contributed by atoms with Crippen molar-refractivity contribution >= 4 is 76.5 Å². The molecule has 0 unspecified atom stereocenters. The summed E-state index contributed by atoms with van der Waals surface area (Å²) in [7, 11) is 0. The van der Waals surface area contributed by atoms with Gasteiger partial charge in [0.2, 0.25) is 0 Å². The van der Waals surface area contributed by atoms with Gasteiger partial charge in [-0.2, -0.15) is 0 Å². The molecular weight excluding hydrogens is 749 g/mol. The zero-order chi connectivity index (χ0) is 40.0. The van der Waals surface area contributed by atoms with E-state index in [2.05, 4.69) is 162 Å². The average molecular weight is 781 g/mol. The van der Waals surface area contributed by atoms with E-state index in [1.165, 1.54) is 16.3 Å². The van der Waals surface area contributed by atoms with Crippen LogP contribution in [0.1, 0.15) is 0 Å². The van der Waals surface area contributed by atoms with E-state index >= 15 is 0 Å². The SMILES string of the molecule is c1ccc(-n2c3ccccc3c3ccc(-c4ccc5c(c4)oc4c(-c6nc(-c7ccc8ccccc8c7)nc(-c7cccc8c7oc7ccccc78)n6)cccc45)cc32)cc1. The number of hydrogen-bond acceptors (Lipinski definition) is 5. The fraction of sp³-hybridized carbons (Fsp3) is 0. The van der Waals surface area contributed by atoms with Gasteiger partial charge in [-0.05, 0) is 82.6 Å². The lowest BCUT2D eigenvalue weighted by Gasteiger charge is -2.10. The van der Waals surface area contributed by atoms with Gasteiger partial charge in [-0.1, -0.05) is 133 Å². The van der Waals surface area contributed by atoms with Crippen LogP contribution >= 0.6 is 0 Å². The zero-order valence-electron chi connectivity index (χ0n) is 32.6. The van der Waals surface area contributed by atoms with Crippen molar-refractivity contribution in [2.45, 2.75) is 0 Å². The van der Waals surface area contributed by atoms with E-state index in [0.29, 0.717) is 17.5 Å². The van der Waals surface area contributed by atoms with Crippen molar-refractivity contribution in [2.24, 2.45) is 0 Å². The third-order valence-corrected chi connectivity index (χ3v) is 12.0. The number of hydrogen-bond donors (Lipinski definition) is 0. The molecule has 0 aliphatic carbocycles. The maximum Gasteiger partial charge on any atom is 0.167 e. The molecule has 61 heavy (non-hydrogen) atoms. The Morgan fingerprint density at radius 1 is 0.328 bits per heavy atom. The second-order valence-electron chi connectivity index (χ2n) is 15.6. The third kappa shape index (κ3) is 5.26. The second kappa shape index (κ2) is 13.1. The Hall–Kier alpha value is -8.35. The molecule has 4 heterocycles. The standard InChI is InChI=1S/C55H32N4O2/c1-2-14-38(15-3-1)59-47-22-8-6-16-39(47)40-28-26-35(31-48(40)59)36-27-29-42-44-19-11-21-46(52(44)61-50(42)32-36)55-57-53(37-25-24-33-12-4-5-13-34(33)30-37)56-54(58-55)45-20-10-18-43-41-17-7-9-23-49(41)60-51(43)45/h1-32H. The highest BCUT2D eigenvalue weighted by atomic mass is 16.3. The van der Waals surface area contributed by atoms with Crippen molar-refractivity contribution in [3.8, 4) is 51.0 Å². The van der Waals surface area contributed by atoms with Crippen LogP contribution in [0.3, 0.4) is 0 Å². The molecule has 284 valence electrons. The molecule has 13 rings (SSSR count). The third-order valence-electron chi connectivity index (χ3n) is 12.0. The first kappa shape index (κ1) is 33.6. The molecule has 13 aromatic rings. The van der Waals surface area contributed by atoms with Gasteiger partial charge < -0.3 is 13.4 Å². The van der Waals surface area contributed by atoms with Crippen LogP contribution < -0.4 is 0 Å². The Labute approximate surface area is 348 Å². The van der Waals surface area contributed by atoms with Crippen LogP contribution in [0.25, 0.3) is 127 Å². The summed E-state index contributed by atoms with van der Waals surface area (Å²) in [6.07, 6.45) is 0. The Balaban J connectivity index is 0.987. The summed E-state index contributed by atoms with van der Waals surface area (Å²) in [4.78, 5) is 15.5. The predicted octanol–water partition coefficient (Wildman–Crippen LogP) is 14.6. The van der Waals surface area contributed by atoms with E-state index in [1.54, 1.807) is 0 Å². The molecule has 0 aliphatic heterocycles. The highest BCUT2D eigenvalue weighted by Gasteiger charge is 2.21. The molecule has 0 saturated heterocycles. The van der Waals surface area contributed by atoms with Gasteiger partial charge in [-0.3, -0.25) is 0 Å². The quantitative estimate of drug-likeness (QED) is 0.174. The van der Waals surface area contributed by atoms with Crippen LogP contribution in [0.15, 0.2) is 203 Å². The normalized spacial score (nSPS) is 11.9. The number of benzene rings is 9. The van der Waals surface area contributed by atoms with Gasteiger partial charge in [-0.25, -0.2) is 15.0 Å².